The lowest BCUT2D eigenvalue weighted by molar-refractivity contribution is -0.128. The molecule has 31 heavy (non-hydrogen) atoms. The van der Waals surface area contributed by atoms with Crippen molar-refractivity contribution in [2.24, 2.45) is 11.7 Å². The van der Waals surface area contributed by atoms with Crippen LogP contribution in [0.15, 0.2) is 48.7 Å². The number of amides is 3. The molecule has 8 heteroatoms. The SMILES string of the molecule is NC(=O)C1CCCN1Cc1cccc(NC(=O)C2CC(=O)N(Cc3ccccn3)C2)c1. The summed E-state index contributed by atoms with van der Waals surface area (Å²) in [6, 6.07) is 13.0. The van der Waals surface area contributed by atoms with E-state index < -0.39 is 5.92 Å². The summed E-state index contributed by atoms with van der Waals surface area (Å²) in [5, 5.41) is 2.94. The molecule has 2 saturated heterocycles. The van der Waals surface area contributed by atoms with E-state index >= 15 is 0 Å². The minimum absolute atomic E-state index is 0.0360. The van der Waals surface area contributed by atoms with Gasteiger partial charge in [0, 0.05) is 31.4 Å². The number of nitrogens with two attached hydrogens (primary N) is 1. The number of rotatable bonds is 7. The summed E-state index contributed by atoms with van der Waals surface area (Å²) in [6.45, 7) is 2.24. The zero-order valence-corrected chi connectivity index (χ0v) is 17.4. The monoisotopic (exact) mass is 421 g/mol. The average molecular weight is 422 g/mol. The van der Waals surface area contributed by atoms with Gasteiger partial charge in [0.1, 0.15) is 0 Å². The maximum atomic E-state index is 12.8. The molecule has 4 rings (SSSR count). The molecule has 1 aromatic heterocycles. The number of likely N-dealkylation sites (tertiary alicyclic amines) is 2. The number of hydrogen-bond donors (Lipinski definition) is 2. The molecule has 2 atom stereocenters. The molecule has 3 amide bonds. The number of nitrogens with zero attached hydrogens (tertiary/aromatic N) is 3. The van der Waals surface area contributed by atoms with Crippen LogP contribution in [0.5, 0.6) is 0 Å². The molecule has 2 fully saturated rings. The van der Waals surface area contributed by atoms with Crippen molar-refractivity contribution in [1.29, 1.82) is 0 Å². The molecule has 0 radical (unpaired) electrons. The van der Waals surface area contributed by atoms with Gasteiger partial charge in [0.15, 0.2) is 0 Å². The molecule has 1 aromatic carbocycles. The van der Waals surface area contributed by atoms with Crippen LogP contribution in [0.1, 0.15) is 30.5 Å². The number of carbonyl (C=O) groups excluding carboxylic acids is 3. The van der Waals surface area contributed by atoms with Crippen LogP contribution in [0.2, 0.25) is 0 Å². The minimum Gasteiger partial charge on any atom is -0.368 e. The minimum atomic E-state index is -0.391. The Hall–Kier alpha value is -3.26. The van der Waals surface area contributed by atoms with E-state index in [2.05, 4.69) is 15.2 Å². The lowest BCUT2D eigenvalue weighted by Crippen LogP contribution is -2.39. The second kappa shape index (κ2) is 9.26. The van der Waals surface area contributed by atoms with Crippen molar-refractivity contribution < 1.29 is 14.4 Å². The van der Waals surface area contributed by atoms with Gasteiger partial charge in [-0.1, -0.05) is 18.2 Å². The van der Waals surface area contributed by atoms with Gasteiger partial charge in [-0.25, -0.2) is 0 Å². The van der Waals surface area contributed by atoms with Crippen LogP contribution in [0.4, 0.5) is 5.69 Å². The Morgan fingerprint density at radius 2 is 2.03 bits per heavy atom. The van der Waals surface area contributed by atoms with Crippen LogP contribution in [-0.2, 0) is 27.5 Å². The summed E-state index contributed by atoms with van der Waals surface area (Å²) < 4.78 is 0. The molecule has 3 N–H and O–H groups in total. The van der Waals surface area contributed by atoms with E-state index in [1.54, 1.807) is 11.1 Å². The lowest BCUT2D eigenvalue weighted by Gasteiger charge is -2.22. The van der Waals surface area contributed by atoms with E-state index in [0.717, 1.165) is 30.6 Å². The molecule has 0 aliphatic carbocycles. The summed E-state index contributed by atoms with van der Waals surface area (Å²) in [5.41, 5.74) is 8.00. The summed E-state index contributed by atoms with van der Waals surface area (Å²) in [6.07, 6.45) is 3.64. The number of aromatic nitrogens is 1. The predicted molar refractivity (Wildman–Crippen MR) is 115 cm³/mol. The zero-order chi connectivity index (χ0) is 21.8. The van der Waals surface area contributed by atoms with E-state index in [1.807, 2.05) is 42.5 Å². The van der Waals surface area contributed by atoms with Gasteiger partial charge >= 0.3 is 0 Å². The van der Waals surface area contributed by atoms with Crippen LogP contribution in [0.25, 0.3) is 0 Å². The first-order valence-corrected chi connectivity index (χ1v) is 10.6. The Bertz CT molecular complexity index is 965. The second-order valence-corrected chi connectivity index (χ2v) is 8.22. The smallest absolute Gasteiger partial charge is 0.234 e. The fourth-order valence-corrected chi connectivity index (χ4v) is 4.35. The van der Waals surface area contributed by atoms with Gasteiger partial charge in [-0.3, -0.25) is 24.3 Å². The van der Waals surface area contributed by atoms with Crippen LogP contribution in [0.3, 0.4) is 0 Å². The summed E-state index contributed by atoms with van der Waals surface area (Å²) in [4.78, 5) is 44.8. The largest absolute Gasteiger partial charge is 0.368 e. The Kier molecular flexibility index (Phi) is 6.27. The Labute approximate surface area is 181 Å². The van der Waals surface area contributed by atoms with E-state index in [9.17, 15) is 14.4 Å². The molecule has 0 spiro atoms. The third-order valence-electron chi connectivity index (χ3n) is 5.94. The molecule has 162 valence electrons. The molecular formula is C23H27N5O3. The molecule has 0 saturated carbocycles. The first-order valence-electron chi connectivity index (χ1n) is 10.6. The van der Waals surface area contributed by atoms with Crippen molar-refractivity contribution in [3.63, 3.8) is 0 Å². The van der Waals surface area contributed by atoms with E-state index in [4.69, 9.17) is 5.73 Å². The van der Waals surface area contributed by atoms with E-state index in [-0.39, 0.29) is 30.2 Å². The number of nitrogens with one attached hydrogen (secondary N) is 1. The van der Waals surface area contributed by atoms with Crippen molar-refractivity contribution in [1.82, 2.24) is 14.8 Å². The van der Waals surface area contributed by atoms with Crippen LogP contribution in [-0.4, -0.2) is 51.6 Å². The maximum absolute atomic E-state index is 12.8. The standard InChI is InChI=1S/C23H27N5O3/c24-22(30)20-8-4-10-27(20)13-16-5-3-7-18(11-16)26-23(31)17-12-21(29)28(14-17)15-19-6-1-2-9-25-19/h1-3,5-7,9,11,17,20H,4,8,10,12-15H2,(H2,24,30)(H,26,31). The van der Waals surface area contributed by atoms with Gasteiger partial charge < -0.3 is 16.0 Å². The van der Waals surface area contributed by atoms with Gasteiger partial charge in [-0.2, -0.15) is 0 Å². The molecule has 8 nitrogen and oxygen atoms in total. The number of carbonyl (C=O) groups is 3. The van der Waals surface area contributed by atoms with Crippen molar-refractivity contribution in [3.8, 4) is 0 Å². The molecule has 2 unspecified atom stereocenters. The topological polar surface area (TPSA) is 109 Å². The second-order valence-electron chi connectivity index (χ2n) is 8.22. The highest BCUT2D eigenvalue weighted by Crippen LogP contribution is 2.24. The van der Waals surface area contributed by atoms with Crippen LogP contribution >= 0.6 is 0 Å². The fraction of sp³-hybridized carbons (Fsp3) is 0.391. The number of benzene rings is 1. The Morgan fingerprint density at radius 3 is 2.81 bits per heavy atom. The first kappa shape index (κ1) is 21.0. The maximum Gasteiger partial charge on any atom is 0.234 e. The third kappa shape index (κ3) is 5.08. The fourth-order valence-electron chi connectivity index (χ4n) is 4.35. The van der Waals surface area contributed by atoms with E-state index in [0.29, 0.717) is 25.3 Å². The quantitative estimate of drug-likeness (QED) is 0.705. The van der Waals surface area contributed by atoms with Crippen LogP contribution < -0.4 is 11.1 Å². The number of anilines is 1. The third-order valence-corrected chi connectivity index (χ3v) is 5.94. The summed E-state index contributed by atoms with van der Waals surface area (Å²) in [7, 11) is 0. The number of pyridine rings is 1. The number of hydrogen-bond acceptors (Lipinski definition) is 5. The molecule has 2 aliphatic heterocycles. The predicted octanol–water partition coefficient (Wildman–Crippen LogP) is 1.52. The van der Waals surface area contributed by atoms with Gasteiger partial charge in [0.25, 0.3) is 0 Å². The first-order chi connectivity index (χ1) is 15.0. The lowest BCUT2D eigenvalue weighted by atomic mass is 10.1. The molecule has 2 aromatic rings. The highest BCUT2D eigenvalue weighted by atomic mass is 16.2. The van der Waals surface area contributed by atoms with Crippen molar-refractivity contribution in [3.05, 3.63) is 59.9 Å². The van der Waals surface area contributed by atoms with Gasteiger partial charge in [0.05, 0.1) is 24.2 Å². The summed E-state index contributed by atoms with van der Waals surface area (Å²) >= 11 is 0. The Balaban J connectivity index is 1.35. The normalized spacial score (nSPS) is 21.4. The highest BCUT2D eigenvalue weighted by molar-refractivity contribution is 5.97. The Morgan fingerprint density at radius 1 is 1.16 bits per heavy atom. The van der Waals surface area contributed by atoms with E-state index in [1.165, 1.54) is 0 Å². The molecular weight excluding hydrogens is 394 g/mol. The zero-order valence-electron chi connectivity index (χ0n) is 17.4. The van der Waals surface area contributed by atoms with Crippen molar-refractivity contribution >= 4 is 23.4 Å². The summed E-state index contributed by atoms with van der Waals surface area (Å²) in [5.74, 6) is -0.878. The van der Waals surface area contributed by atoms with Crippen molar-refractivity contribution in [2.75, 3.05) is 18.4 Å². The highest BCUT2D eigenvalue weighted by Gasteiger charge is 2.34. The molecule has 3 heterocycles. The molecule has 2 aliphatic rings. The van der Waals surface area contributed by atoms with Crippen molar-refractivity contribution in [2.45, 2.75) is 38.4 Å². The van der Waals surface area contributed by atoms with Gasteiger partial charge in [-0.05, 0) is 49.2 Å². The number of primary amides is 1. The molecule has 0 bridgehead atoms. The van der Waals surface area contributed by atoms with Crippen LogP contribution in [0, 0.1) is 5.92 Å². The van der Waals surface area contributed by atoms with Gasteiger partial charge in [-0.15, -0.1) is 0 Å². The van der Waals surface area contributed by atoms with Gasteiger partial charge in [0.2, 0.25) is 17.7 Å². The average Bonchev–Trinajstić information content (AvgIpc) is 3.36.